The summed E-state index contributed by atoms with van der Waals surface area (Å²) in [7, 11) is 0. The Balaban J connectivity index is 1.44. The van der Waals surface area contributed by atoms with Gasteiger partial charge in [0.05, 0.1) is 11.1 Å². The molecule has 1 aromatic carbocycles. The molecule has 4 heterocycles. The zero-order valence-electron chi connectivity index (χ0n) is 16.6. The van der Waals surface area contributed by atoms with Crippen molar-refractivity contribution in [3.8, 4) is 5.75 Å². The predicted octanol–water partition coefficient (Wildman–Crippen LogP) is 2.67. The van der Waals surface area contributed by atoms with E-state index in [0.717, 1.165) is 25.7 Å². The molecule has 1 aromatic heterocycles. The Hall–Kier alpha value is -2.87. The molecule has 7 nitrogen and oxygen atoms in total. The van der Waals surface area contributed by atoms with E-state index in [1.807, 2.05) is 4.90 Å². The van der Waals surface area contributed by atoms with E-state index in [9.17, 15) is 23.9 Å². The van der Waals surface area contributed by atoms with E-state index in [1.165, 1.54) is 24.4 Å². The second kappa shape index (κ2) is 7.37. The van der Waals surface area contributed by atoms with Crippen LogP contribution in [0.4, 0.5) is 4.39 Å². The van der Waals surface area contributed by atoms with E-state index in [-0.39, 0.29) is 40.8 Å². The molecule has 162 valence electrons. The van der Waals surface area contributed by atoms with Crippen LogP contribution in [0.15, 0.2) is 29.2 Å². The highest BCUT2D eigenvalue weighted by Gasteiger charge is 2.48. The summed E-state index contributed by atoms with van der Waals surface area (Å²) >= 11 is 5.76. The number of halogens is 2. The first-order valence-corrected chi connectivity index (χ1v) is 10.7. The Bertz CT molecular complexity index is 1160. The first-order valence-electron chi connectivity index (χ1n) is 10.4. The molecule has 6 rings (SSSR count). The molecule has 0 unspecified atom stereocenters. The van der Waals surface area contributed by atoms with Gasteiger partial charge in [-0.1, -0.05) is 17.7 Å². The number of aromatic nitrogens is 1. The number of hydrogen-bond donors (Lipinski definition) is 2. The monoisotopic (exact) mass is 445 g/mol. The third kappa shape index (κ3) is 3.20. The van der Waals surface area contributed by atoms with Crippen molar-refractivity contribution in [3.05, 3.63) is 62.3 Å². The lowest BCUT2D eigenvalue weighted by Gasteiger charge is -2.53. The first kappa shape index (κ1) is 20.1. The lowest BCUT2D eigenvalue weighted by atomic mass is 9.73. The molecular formula is C22H21ClFN3O4. The summed E-state index contributed by atoms with van der Waals surface area (Å²) in [6, 6.07) is 4.23. The number of carbonyl (C=O) groups excluding carboxylic acids is 2. The Morgan fingerprint density at radius 1 is 1.23 bits per heavy atom. The fourth-order valence-electron chi connectivity index (χ4n) is 5.25. The van der Waals surface area contributed by atoms with Gasteiger partial charge in [-0.15, -0.1) is 0 Å². The van der Waals surface area contributed by atoms with Crippen molar-refractivity contribution in [2.45, 2.75) is 50.9 Å². The lowest BCUT2D eigenvalue weighted by Crippen LogP contribution is -2.61. The highest BCUT2D eigenvalue weighted by atomic mass is 35.5. The SMILES string of the molecule is O=C(NCc1ccc(F)c(Cl)c1)c1cn2c(c(O)c1=O)C(=O)N1[C@H]3CC[C@H](CC3)[C@@H]1C2. The summed E-state index contributed by atoms with van der Waals surface area (Å²) in [6.07, 6.45) is 5.39. The number of amides is 2. The van der Waals surface area contributed by atoms with Crippen LogP contribution in [0.5, 0.6) is 5.75 Å². The van der Waals surface area contributed by atoms with Crippen LogP contribution in [0.2, 0.25) is 5.02 Å². The van der Waals surface area contributed by atoms with Gasteiger partial charge < -0.3 is 19.9 Å². The lowest BCUT2D eigenvalue weighted by molar-refractivity contribution is -0.0181. The van der Waals surface area contributed by atoms with Gasteiger partial charge in [0.2, 0.25) is 5.43 Å². The van der Waals surface area contributed by atoms with Gasteiger partial charge in [-0.2, -0.15) is 0 Å². The third-order valence-electron chi connectivity index (χ3n) is 6.79. The van der Waals surface area contributed by atoms with Crippen molar-refractivity contribution in [3.63, 3.8) is 0 Å². The number of hydrogen-bond acceptors (Lipinski definition) is 4. The average Bonchev–Trinajstić information content (AvgIpc) is 2.77. The molecular weight excluding hydrogens is 425 g/mol. The van der Waals surface area contributed by atoms with Crippen LogP contribution in [0.25, 0.3) is 0 Å². The van der Waals surface area contributed by atoms with E-state index in [0.29, 0.717) is 18.0 Å². The maximum Gasteiger partial charge on any atom is 0.275 e. The van der Waals surface area contributed by atoms with Crippen LogP contribution in [0.3, 0.4) is 0 Å². The molecule has 1 aliphatic carbocycles. The van der Waals surface area contributed by atoms with Crippen LogP contribution >= 0.6 is 11.6 Å². The van der Waals surface area contributed by atoms with E-state index < -0.39 is 22.9 Å². The molecule has 3 aliphatic heterocycles. The van der Waals surface area contributed by atoms with Gasteiger partial charge in [-0.05, 0) is 49.3 Å². The fraction of sp³-hybridized carbons (Fsp3) is 0.409. The smallest absolute Gasteiger partial charge is 0.275 e. The Morgan fingerprint density at radius 3 is 2.68 bits per heavy atom. The quantitative estimate of drug-likeness (QED) is 0.759. The number of pyridine rings is 1. The number of aromatic hydroxyl groups is 1. The van der Waals surface area contributed by atoms with E-state index >= 15 is 0 Å². The number of piperidine rings is 2. The molecule has 31 heavy (non-hydrogen) atoms. The zero-order chi connectivity index (χ0) is 21.9. The number of nitrogens with one attached hydrogen (secondary N) is 1. The van der Waals surface area contributed by atoms with Crippen molar-refractivity contribution in [2.75, 3.05) is 0 Å². The van der Waals surface area contributed by atoms with Crippen LogP contribution in [0.1, 0.15) is 52.1 Å². The Kier molecular flexibility index (Phi) is 4.77. The van der Waals surface area contributed by atoms with Gasteiger partial charge in [0.1, 0.15) is 11.4 Å². The first-order chi connectivity index (χ1) is 14.8. The van der Waals surface area contributed by atoms with Crippen LogP contribution in [-0.2, 0) is 13.1 Å². The minimum atomic E-state index is -0.880. The summed E-state index contributed by atoms with van der Waals surface area (Å²) in [5.74, 6) is -1.89. The molecule has 4 aliphatic rings. The molecule has 2 amide bonds. The van der Waals surface area contributed by atoms with Crippen molar-refractivity contribution >= 4 is 23.4 Å². The molecule has 1 saturated carbocycles. The van der Waals surface area contributed by atoms with Crippen LogP contribution in [-0.4, -0.2) is 38.5 Å². The summed E-state index contributed by atoms with van der Waals surface area (Å²) < 4.78 is 14.8. The summed E-state index contributed by atoms with van der Waals surface area (Å²) in [6.45, 7) is 0.476. The van der Waals surface area contributed by atoms with Crippen LogP contribution < -0.4 is 10.7 Å². The standard InChI is InChI=1S/C22H21ClFN3O4/c23-15-7-11(1-6-16(15)24)8-25-21(30)14-9-26-10-17-12-2-4-13(5-3-12)27(17)22(31)18(26)20(29)19(14)28/h1,6-7,9,12-13,17,29H,2-5,8,10H2,(H,25,30)/t12-,13+,17-/m0/s1. The van der Waals surface area contributed by atoms with Gasteiger partial charge in [-0.3, -0.25) is 14.4 Å². The molecule has 2 bridgehead atoms. The minimum Gasteiger partial charge on any atom is -0.503 e. The largest absolute Gasteiger partial charge is 0.503 e. The van der Waals surface area contributed by atoms with Crippen molar-refractivity contribution in [1.82, 2.24) is 14.8 Å². The number of nitrogens with zero attached hydrogens (tertiary/aromatic N) is 2. The molecule has 2 aromatic rings. The summed E-state index contributed by atoms with van der Waals surface area (Å²) in [5, 5.41) is 13.1. The molecule has 0 spiro atoms. The van der Waals surface area contributed by atoms with Crippen molar-refractivity contribution < 1.29 is 19.1 Å². The molecule has 2 N–H and O–H groups in total. The summed E-state index contributed by atoms with van der Waals surface area (Å²) in [5.41, 5.74) is -0.603. The maximum absolute atomic E-state index is 13.3. The topological polar surface area (TPSA) is 91.6 Å². The second-order valence-electron chi connectivity index (χ2n) is 8.50. The van der Waals surface area contributed by atoms with Crippen molar-refractivity contribution in [1.29, 1.82) is 0 Å². The molecule has 1 atom stereocenters. The predicted molar refractivity (Wildman–Crippen MR) is 111 cm³/mol. The van der Waals surface area contributed by atoms with Gasteiger partial charge >= 0.3 is 0 Å². The van der Waals surface area contributed by atoms with Gasteiger partial charge in [-0.25, -0.2) is 4.39 Å². The van der Waals surface area contributed by atoms with Gasteiger partial charge in [0, 0.05) is 25.3 Å². The Morgan fingerprint density at radius 2 is 1.97 bits per heavy atom. The number of carbonyl (C=O) groups is 2. The maximum atomic E-state index is 13.3. The molecule has 0 radical (unpaired) electrons. The Labute approximate surface area is 182 Å². The third-order valence-corrected chi connectivity index (χ3v) is 7.08. The van der Waals surface area contributed by atoms with Gasteiger partial charge in [0.25, 0.3) is 11.8 Å². The number of rotatable bonds is 3. The fourth-order valence-corrected chi connectivity index (χ4v) is 5.45. The normalized spacial score (nSPS) is 24.0. The van der Waals surface area contributed by atoms with E-state index in [1.54, 1.807) is 4.57 Å². The average molecular weight is 446 g/mol. The zero-order valence-corrected chi connectivity index (χ0v) is 17.4. The summed E-state index contributed by atoms with van der Waals surface area (Å²) in [4.78, 5) is 40.3. The van der Waals surface area contributed by atoms with Crippen molar-refractivity contribution in [2.24, 2.45) is 5.92 Å². The minimum absolute atomic E-state index is 0.0201. The molecule has 9 heteroatoms. The van der Waals surface area contributed by atoms with E-state index in [2.05, 4.69) is 5.32 Å². The second-order valence-corrected chi connectivity index (χ2v) is 8.91. The number of fused-ring (bicyclic) bond motifs is 3. The van der Waals surface area contributed by atoms with Crippen LogP contribution in [0, 0.1) is 11.7 Å². The number of benzene rings is 1. The highest BCUT2D eigenvalue weighted by Crippen LogP contribution is 2.43. The highest BCUT2D eigenvalue weighted by molar-refractivity contribution is 6.30. The molecule has 2 saturated heterocycles. The van der Waals surface area contributed by atoms with Gasteiger partial charge in [0.15, 0.2) is 11.4 Å². The van der Waals surface area contributed by atoms with E-state index in [4.69, 9.17) is 11.6 Å². The molecule has 3 fully saturated rings.